The molecular weight excluding hydrogens is 212 g/mol. The van der Waals surface area contributed by atoms with Crippen LogP contribution < -0.4 is 0 Å². The largest absolute Gasteiger partial charge is 0.478 e. The fraction of sp³-hybridized carbons (Fsp3) is 0.909. The highest BCUT2D eigenvalue weighted by atomic mass is 32.2. The van der Waals surface area contributed by atoms with Gasteiger partial charge in [-0.05, 0) is 23.0 Å². The van der Waals surface area contributed by atoms with Crippen molar-refractivity contribution >= 4 is 28.4 Å². The van der Waals surface area contributed by atoms with Crippen LogP contribution in [0.1, 0.15) is 41.5 Å². The van der Waals surface area contributed by atoms with Crippen molar-refractivity contribution in [1.29, 1.82) is 0 Å². The van der Waals surface area contributed by atoms with Crippen LogP contribution in [0, 0.1) is 10.8 Å². The van der Waals surface area contributed by atoms with Crippen molar-refractivity contribution in [3.63, 3.8) is 0 Å². The summed E-state index contributed by atoms with van der Waals surface area (Å²) in [5, 5.41) is 0. The van der Waals surface area contributed by atoms with Crippen molar-refractivity contribution in [2.75, 3.05) is 12.4 Å². The lowest BCUT2D eigenvalue weighted by molar-refractivity contribution is 0.197. The van der Waals surface area contributed by atoms with Crippen LogP contribution >= 0.6 is 24.0 Å². The normalized spacial score (nSPS) is 12.7. The highest BCUT2D eigenvalue weighted by Gasteiger charge is 2.15. The summed E-state index contributed by atoms with van der Waals surface area (Å²) in [4.78, 5) is 0. The Kier molecular flexibility index (Phi) is 5.45. The van der Waals surface area contributed by atoms with Crippen LogP contribution in [0.4, 0.5) is 0 Å². The van der Waals surface area contributed by atoms with Crippen molar-refractivity contribution in [3.8, 4) is 0 Å². The van der Waals surface area contributed by atoms with Crippen molar-refractivity contribution in [2.45, 2.75) is 41.5 Å². The third-order valence-electron chi connectivity index (χ3n) is 1.25. The Balaban J connectivity index is 3.68. The van der Waals surface area contributed by atoms with Crippen LogP contribution in [0.2, 0.25) is 0 Å². The van der Waals surface area contributed by atoms with Crippen molar-refractivity contribution in [1.82, 2.24) is 0 Å². The molecule has 0 saturated carbocycles. The minimum absolute atomic E-state index is 0.187. The van der Waals surface area contributed by atoms with Crippen molar-refractivity contribution < 1.29 is 4.74 Å². The summed E-state index contributed by atoms with van der Waals surface area (Å²) in [6.45, 7) is 13.7. The maximum absolute atomic E-state index is 5.50. The van der Waals surface area contributed by atoms with E-state index in [9.17, 15) is 0 Å². The molecule has 0 aromatic heterocycles. The predicted molar refractivity (Wildman–Crippen MR) is 69.9 cm³/mol. The van der Waals surface area contributed by atoms with Crippen LogP contribution in [-0.4, -0.2) is 16.7 Å². The number of hydrogen-bond acceptors (Lipinski definition) is 3. The average Bonchev–Trinajstić information content (AvgIpc) is 1.94. The number of ether oxygens (including phenoxy) is 1. The van der Waals surface area contributed by atoms with E-state index in [1.54, 1.807) is 11.8 Å². The van der Waals surface area contributed by atoms with E-state index in [0.717, 1.165) is 5.75 Å². The molecule has 0 heterocycles. The minimum Gasteiger partial charge on any atom is -0.478 e. The number of rotatable bonds is 2. The molecule has 0 amide bonds. The van der Waals surface area contributed by atoms with Gasteiger partial charge in [-0.1, -0.05) is 53.3 Å². The molecule has 0 fully saturated rings. The maximum atomic E-state index is 5.50. The standard InChI is InChI=1S/C11H22OS2/c1-10(2,3)7-12-9(13)14-8-11(4,5)6/h7-8H2,1-6H3. The molecule has 0 bridgehead atoms. The minimum atomic E-state index is 0.187. The monoisotopic (exact) mass is 234 g/mol. The Hall–Kier alpha value is 0.240. The van der Waals surface area contributed by atoms with Crippen molar-refractivity contribution in [2.24, 2.45) is 10.8 Å². The van der Waals surface area contributed by atoms with Gasteiger partial charge >= 0.3 is 0 Å². The topological polar surface area (TPSA) is 9.23 Å². The number of thioether (sulfide) groups is 1. The lowest BCUT2D eigenvalue weighted by atomic mass is 9.99. The first kappa shape index (κ1) is 14.2. The molecule has 3 heteroatoms. The van der Waals surface area contributed by atoms with Gasteiger partial charge in [0.1, 0.15) is 0 Å². The van der Waals surface area contributed by atoms with Gasteiger partial charge in [0.2, 0.25) is 4.38 Å². The predicted octanol–water partition coefficient (Wildman–Crippen LogP) is 4.11. The molecule has 0 rings (SSSR count). The van der Waals surface area contributed by atoms with Gasteiger partial charge in [-0.3, -0.25) is 0 Å². The van der Waals surface area contributed by atoms with Gasteiger partial charge in [-0.15, -0.1) is 0 Å². The lowest BCUT2D eigenvalue weighted by Crippen LogP contribution is -2.17. The molecular formula is C11H22OS2. The molecule has 84 valence electrons. The first-order chi connectivity index (χ1) is 6.10. The zero-order valence-corrected chi connectivity index (χ0v) is 11.8. The second-order valence-corrected chi connectivity index (χ2v) is 7.53. The van der Waals surface area contributed by atoms with Crippen molar-refractivity contribution in [3.05, 3.63) is 0 Å². The molecule has 0 aliphatic rings. The molecule has 14 heavy (non-hydrogen) atoms. The van der Waals surface area contributed by atoms with E-state index in [1.165, 1.54) is 0 Å². The molecule has 0 N–H and O–H groups in total. The summed E-state index contributed by atoms with van der Waals surface area (Å²) in [6, 6.07) is 0. The summed E-state index contributed by atoms with van der Waals surface area (Å²) in [6.07, 6.45) is 0. The molecule has 0 atom stereocenters. The summed E-state index contributed by atoms with van der Waals surface area (Å²) in [5.74, 6) is 1.01. The Labute approximate surface area is 98.0 Å². The van der Waals surface area contributed by atoms with Crippen LogP contribution in [0.25, 0.3) is 0 Å². The lowest BCUT2D eigenvalue weighted by Gasteiger charge is -2.21. The van der Waals surface area contributed by atoms with Crippen LogP contribution in [-0.2, 0) is 4.74 Å². The Morgan fingerprint density at radius 3 is 1.93 bits per heavy atom. The van der Waals surface area contributed by atoms with Gasteiger partial charge in [0.15, 0.2) is 0 Å². The molecule has 0 aliphatic heterocycles. The highest BCUT2D eigenvalue weighted by molar-refractivity contribution is 8.22. The summed E-state index contributed by atoms with van der Waals surface area (Å²) in [7, 11) is 0. The smallest absolute Gasteiger partial charge is 0.219 e. The fourth-order valence-corrected chi connectivity index (χ4v) is 1.52. The first-order valence-corrected chi connectivity index (χ1v) is 6.29. The van der Waals surface area contributed by atoms with E-state index in [1.807, 2.05) is 0 Å². The zero-order chi connectivity index (χ0) is 11.4. The number of hydrogen-bond donors (Lipinski definition) is 0. The molecule has 0 spiro atoms. The summed E-state index contributed by atoms with van der Waals surface area (Å²) < 4.78 is 6.17. The van der Waals surface area contributed by atoms with E-state index in [2.05, 4.69) is 41.5 Å². The third kappa shape index (κ3) is 10.3. The molecule has 1 nitrogen and oxygen atoms in total. The Morgan fingerprint density at radius 1 is 1.07 bits per heavy atom. The van der Waals surface area contributed by atoms with E-state index in [-0.39, 0.29) is 5.41 Å². The van der Waals surface area contributed by atoms with Gasteiger partial charge < -0.3 is 4.74 Å². The van der Waals surface area contributed by atoms with E-state index in [4.69, 9.17) is 17.0 Å². The van der Waals surface area contributed by atoms with E-state index >= 15 is 0 Å². The quantitative estimate of drug-likeness (QED) is 0.665. The second-order valence-electron chi connectivity index (χ2n) is 5.95. The van der Waals surface area contributed by atoms with Gasteiger partial charge in [0.05, 0.1) is 6.61 Å². The van der Waals surface area contributed by atoms with E-state index in [0.29, 0.717) is 16.4 Å². The van der Waals surface area contributed by atoms with Crippen LogP contribution in [0.3, 0.4) is 0 Å². The fourth-order valence-electron chi connectivity index (χ4n) is 0.593. The van der Waals surface area contributed by atoms with Gasteiger partial charge in [-0.2, -0.15) is 0 Å². The summed E-state index contributed by atoms with van der Waals surface area (Å²) in [5.41, 5.74) is 0.492. The SMILES string of the molecule is CC(C)(C)COC(=S)SCC(C)(C)C. The molecule has 0 aromatic carbocycles. The number of thiocarbonyl (C=S) groups is 1. The van der Waals surface area contributed by atoms with Gasteiger partial charge in [0.25, 0.3) is 0 Å². The zero-order valence-electron chi connectivity index (χ0n) is 10.1. The Morgan fingerprint density at radius 2 is 1.57 bits per heavy atom. The van der Waals surface area contributed by atoms with Crippen LogP contribution in [0.5, 0.6) is 0 Å². The Bertz CT molecular complexity index is 166. The molecule has 0 saturated heterocycles. The van der Waals surface area contributed by atoms with Crippen LogP contribution in [0.15, 0.2) is 0 Å². The van der Waals surface area contributed by atoms with Gasteiger partial charge in [-0.25, -0.2) is 0 Å². The molecule has 0 aromatic rings. The summed E-state index contributed by atoms with van der Waals surface area (Å²) >= 11 is 6.76. The maximum Gasteiger partial charge on any atom is 0.219 e. The third-order valence-corrected chi connectivity index (χ3v) is 3.08. The average molecular weight is 234 g/mol. The first-order valence-electron chi connectivity index (χ1n) is 4.90. The van der Waals surface area contributed by atoms with E-state index < -0.39 is 0 Å². The second kappa shape index (κ2) is 5.36. The van der Waals surface area contributed by atoms with Gasteiger partial charge in [0, 0.05) is 5.75 Å². The molecule has 0 unspecified atom stereocenters. The molecule has 0 aliphatic carbocycles. The molecule has 0 radical (unpaired) electrons. The highest BCUT2D eigenvalue weighted by Crippen LogP contribution is 2.23.